The van der Waals surface area contributed by atoms with Crippen LogP contribution >= 0.6 is 0 Å². The van der Waals surface area contributed by atoms with Gasteiger partial charge in [-0.15, -0.1) is 0 Å². The zero-order valence-corrected chi connectivity index (χ0v) is 12.7. The van der Waals surface area contributed by atoms with Crippen LogP contribution in [0.2, 0.25) is 0 Å². The van der Waals surface area contributed by atoms with Gasteiger partial charge in [0.05, 0.1) is 20.3 Å². The molecule has 0 N–H and O–H groups in total. The molecule has 0 atom stereocenters. The second-order valence-corrected chi connectivity index (χ2v) is 5.57. The number of ether oxygens (including phenoxy) is 2. The molecule has 1 aromatic rings. The van der Waals surface area contributed by atoms with Gasteiger partial charge in [0.15, 0.2) is 0 Å². The highest BCUT2D eigenvalue weighted by Crippen LogP contribution is 2.26. The average molecular weight is 304 g/mol. The molecule has 2 aliphatic rings. The molecule has 0 saturated carbocycles. The van der Waals surface area contributed by atoms with Crippen LogP contribution < -0.4 is 4.74 Å². The van der Waals surface area contributed by atoms with E-state index in [0.717, 1.165) is 17.7 Å². The zero-order valence-electron chi connectivity index (χ0n) is 12.7. The Labute approximate surface area is 129 Å². The summed E-state index contributed by atoms with van der Waals surface area (Å²) < 4.78 is 10.1. The predicted molar refractivity (Wildman–Crippen MR) is 80.0 cm³/mol. The van der Waals surface area contributed by atoms with E-state index in [9.17, 15) is 9.59 Å². The standard InChI is InChI=1S/C16H20N2O4/c1-21-15(19)11-17-5-7-18(8-6-17)16(20)13-2-3-14-12(10-13)4-9-22-14/h2-3,10H,4-9,11H2,1H3. The first-order valence-corrected chi connectivity index (χ1v) is 7.51. The monoisotopic (exact) mass is 304 g/mol. The first-order valence-electron chi connectivity index (χ1n) is 7.51. The lowest BCUT2D eigenvalue weighted by atomic mass is 10.1. The van der Waals surface area contributed by atoms with Crippen molar-refractivity contribution < 1.29 is 19.1 Å². The quantitative estimate of drug-likeness (QED) is 0.763. The number of amides is 1. The number of hydrogen-bond acceptors (Lipinski definition) is 5. The van der Waals surface area contributed by atoms with E-state index in [-0.39, 0.29) is 18.4 Å². The van der Waals surface area contributed by atoms with Crippen molar-refractivity contribution in [2.45, 2.75) is 6.42 Å². The summed E-state index contributed by atoms with van der Waals surface area (Å²) in [6.07, 6.45) is 0.864. The molecule has 118 valence electrons. The molecule has 1 amide bonds. The molecule has 1 aromatic carbocycles. The third-order valence-electron chi connectivity index (χ3n) is 4.18. The maximum Gasteiger partial charge on any atom is 0.319 e. The highest BCUT2D eigenvalue weighted by atomic mass is 16.5. The number of carbonyl (C=O) groups is 2. The van der Waals surface area contributed by atoms with Gasteiger partial charge in [-0.05, 0) is 23.8 Å². The van der Waals surface area contributed by atoms with Crippen LogP contribution in [0.25, 0.3) is 0 Å². The molecular formula is C16H20N2O4. The minimum atomic E-state index is -0.238. The first kappa shape index (κ1) is 14.8. The Morgan fingerprint density at radius 2 is 2.00 bits per heavy atom. The van der Waals surface area contributed by atoms with E-state index >= 15 is 0 Å². The van der Waals surface area contributed by atoms with Crippen molar-refractivity contribution in [3.8, 4) is 5.75 Å². The van der Waals surface area contributed by atoms with Crippen molar-refractivity contribution >= 4 is 11.9 Å². The molecule has 6 nitrogen and oxygen atoms in total. The van der Waals surface area contributed by atoms with Gasteiger partial charge in [-0.1, -0.05) is 0 Å². The smallest absolute Gasteiger partial charge is 0.319 e. The Kier molecular flexibility index (Phi) is 4.29. The Hall–Kier alpha value is -2.08. The number of piperazine rings is 1. The SMILES string of the molecule is COC(=O)CN1CCN(C(=O)c2ccc3c(c2)CCO3)CC1. The molecule has 1 saturated heterocycles. The number of methoxy groups -OCH3 is 1. The summed E-state index contributed by atoms with van der Waals surface area (Å²) in [4.78, 5) is 27.7. The third-order valence-corrected chi connectivity index (χ3v) is 4.18. The lowest BCUT2D eigenvalue weighted by Crippen LogP contribution is -2.50. The predicted octanol–water partition coefficient (Wildman–Crippen LogP) is 0.552. The highest BCUT2D eigenvalue weighted by molar-refractivity contribution is 5.94. The number of hydrogen-bond donors (Lipinski definition) is 0. The van der Waals surface area contributed by atoms with Crippen molar-refractivity contribution in [3.63, 3.8) is 0 Å². The first-order chi connectivity index (χ1) is 10.7. The van der Waals surface area contributed by atoms with Crippen molar-refractivity contribution in [2.24, 2.45) is 0 Å². The summed E-state index contributed by atoms with van der Waals surface area (Å²) in [6, 6.07) is 5.64. The molecule has 3 rings (SSSR count). The van der Waals surface area contributed by atoms with Crippen LogP contribution in [0.5, 0.6) is 5.75 Å². The lowest BCUT2D eigenvalue weighted by Gasteiger charge is -2.34. The molecule has 0 unspecified atom stereocenters. The largest absolute Gasteiger partial charge is 0.493 e. The molecule has 2 aliphatic heterocycles. The van der Waals surface area contributed by atoms with Crippen LogP contribution in [0.15, 0.2) is 18.2 Å². The van der Waals surface area contributed by atoms with Crippen LogP contribution in [0.1, 0.15) is 15.9 Å². The van der Waals surface area contributed by atoms with E-state index in [1.54, 1.807) is 0 Å². The minimum Gasteiger partial charge on any atom is -0.493 e. The molecule has 6 heteroatoms. The van der Waals surface area contributed by atoms with E-state index in [2.05, 4.69) is 4.74 Å². The number of carbonyl (C=O) groups excluding carboxylic acids is 2. The number of rotatable bonds is 3. The second kappa shape index (κ2) is 6.36. The molecule has 2 heterocycles. The Morgan fingerprint density at radius 1 is 1.23 bits per heavy atom. The van der Waals surface area contributed by atoms with Gasteiger partial charge in [-0.25, -0.2) is 0 Å². The lowest BCUT2D eigenvalue weighted by molar-refractivity contribution is -0.142. The maximum atomic E-state index is 12.6. The molecule has 22 heavy (non-hydrogen) atoms. The second-order valence-electron chi connectivity index (χ2n) is 5.57. The fourth-order valence-corrected chi connectivity index (χ4v) is 2.86. The fraction of sp³-hybridized carbons (Fsp3) is 0.500. The average Bonchev–Trinajstić information content (AvgIpc) is 3.02. The normalized spacial score (nSPS) is 17.8. The summed E-state index contributed by atoms with van der Waals surface area (Å²) in [5, 5.41) is 0. The molecule has 0 aromatic heterocycles. The molecule has 0 aliphatic carbocycles. The molecule has 0 spiro atoms. The van der Waals surface area contributed by atoms with Crippen LogP contribution in [0, 0.1) is 0 Å². The Bertz CT molecular complexity index is 580. The van der Waals surface area contributed by atoms with Crippen molar-refractivity contribution in [1.29, 1.82) is 0 Å². The van der Waals surface area contributed by atoms with E-state index in [1.807, 2.05) is 28.0 Å². The van der Waals surface area contributed by atoms with Gasteiger partial charge >= 0.3 is 5.97 Å². The molecule has 1 fully saturated rings. The van der Waals surface area contributed by atoms with Gasteiger partial charge in [0.25, 0.3) is 5.91 Å². The van der Waals surface area contributed by atoms with Crippen LogP contribution in [-0.2, 0) is 16.0 Å². The maximum absolute atomic E-state index is 12.6. The van der Waals surface area contributed by atoms with Gasteiger partial charge in [-0.2, -0.15) is 0 Å². The summed E-state index contributed by atoms with van der Waals surface area (Å²) in [5.41, 5.74) is 1.82. The van der Waals surface area contributed by atoms with Crippen molar-refractivity contribution in [2.75, 3.05) is 46.4 Å². The summed E-state index contributed by atoms with van der Waals surface area (Å²) in [7, 11) is 1.39. The van der Waals surface area contributed by atoms with Gasteiger partial charge in [0.1, 0.15) is 5.75 Å². The summed E-state index contributed by atoms with van der Waals surface area (Å²) >= 11 is 0. The highest BCUT2D eigenvalue weighted by Gasteiger charge is 2.24. The van der Waals surface area contributed by atoms with E-state index in [0.29, 0.717) is 38.3 Å². The van der Waals surface area contributed by atoms with Crippen LogP contribution in [-0.4, -0.2) is 68.1 Å². The van der Waals surface area contributed by atoms with Gasteiger partial charge in [-0.3, -0.25) is 14.5 Å². The number of nitrogens with zero attached hydrogens (tertiary/aromatic N) is 2. The molecular weight excluding hydrogens is 284 g/mol. The van der Waals surface area contributed by atoms with E-state index < -0.39 is 0 Å². The van der Waals surface area contributed by atoms with E-state index in [4.69, 9.17) is 4.74 Å². The van der Waals surface area contributed by atoms with Crippen molar-refractivity contribution in [1.82, 2.24) is 9.80 Å². The fourth-order valence-electron chi connectivity index (χ4n) is 2.86. The summed E-state index contributed by atoms with van der Waals surface area (Å²) in [5.74, 6) is 0.699. The topological polar surface area (TPSA) is 59.1 Å². The number of fused-ring (bicyclic) bond motifs is 1. The van der Waals surface area contributed by atoms with E-state index in [1.165, 1.54) is 7.11 Å². The third kappa shape index (κ3) is 3.06. The molecule has 0 bridgehead atoms. The summed E-state index contributed by atoms with van der Waals surface area (Å²) in [6.45, 7) is 3.62. The Morgan fingerprint density at radius 3 is 2.73 bits per heavy atom. The minimum absolute atomic E-state index is 0.0485. The van der Waals surface area contributed by atoms with Crippen LogP contribution in [0.4, 0.5) is 0 Å². The van der Waals surface area contributed by atoms with Gasteiger partial charge in [0, 0.05) is 38.2 Å². The molecule has 0 radical (unpaired) electrons. The van der Waals surface area contributed by atoms with Gasteiger partial charge < -0.3 is 14.4 Å². The number of esters is 1. The Balaban J connectivity index is 1.59. The van der Waals surface area contributed by atoms with Crippen molar-refractivity contribution in [3.05, 3.63) is 29.3 Å². The number of benzene rings is 1. The van der Waals surface area contributed by atoms with Gasteiger partial charge in [0.2, 0.25) is 0 Å². The van der Waals surface area contributed by atoms with Crippen LogP contribution in [0.3, 0.4) is 0 Å². The zero-order chi connectivity index (χ0) is 15.5.